The van der Waals surface area contributed by atoms with Crippen LogP contribution in [0.1, 0.15) is 6.92 Å². The van der Waals surface area contributed by atoms with Crippen molar-refractivity contribution in [3.63, 3.8) is 0 Å². The lowest BCUT2D eigenvalue weighted by Crippen LogP contribution is -1.98. The molecule has 0 spiro atoms. The maximum Gasteiger partial charge on any atom is 0.301 e. The molecule has 1 N–H and O–H groups in total. The molecule has 0 heterocycles. The third-order valence-corrected chi connectivity index (χ3v) is 2.19. The van der Waals surface area contributed by atoms with Gasteiger partial charge in [-0.1, -0.05) is 5.73 Å². The summed E-state index contributed by atoms with van der Waals surface area (Å²) in [6.45, 7) is 1.77. The Bertz CT molecular complexity index is 465. The van der Waals surface area contributed by atoms with Gasteiger partial charge >= 0.3 is 10.1 Å². The Morgan fingerprint density at radius 2 is 1.85 bits per heavy atom. The summed E-state index contributed by atoms with van der Waals surface area (Å²) in [6, 6.07) is 0. The van der Waals surface area contributed by atoms with E-state index >= 15 is 0 Å². The first-order chi connectivity index (χ1) is 6.00. The van der Waals surface area contributed by atoms with Crippen LogP contribution in [0.4, 0.5) is 0 Å². The third-order valence-electron chi connectivity index (χ3n) is 1.38. The largest absolute Gasteiger partial charge is 0.301 e. The second-order valence-corrected chi connectivity index (χ2v) is 3.87. The normalized spacial score (nSPS) is 18.6. The molecule has 0 atom stereocenters. The molecule has 3 nitrogen and oxygen atoms in total. The maximum absolute atomic E-state index is 10.7. The van der Waals surface area contributed by atoms with Crippen LogP contribution in [0, 0.1) is 0 Å². The minimum absolute atomic E-state index is 0.246. The smallest absolute Gasteiger partial charge is 0.281 e. The van der Waals surface area contributed by atoms with E-state index in [0.29, 0.717) is 0 Å². The van der Waals surface area contributed by atoms with Crippen LogP contribution in [0.25, 0.3) is 0 Å². The van der Waals surface area contributed by atoms with E-state index in [1.807, 2.05) is 0 Å². The number of hydrogen-bond donors (Lipinski definition) is 1. The van der Waals surface area contributed by atoms with Crippen LogP contribution in [-0.4, -0.2) is 13.0 Å². The van der Waals surface area contributed by atoms with E-state index in [0.717, 1.165) is 5.57 Å². The van der Waals surface area contributed by atoms with Crippen molar-refractivity contribution in [2.45, 2.75) is 6.92 Å². The zero-order valence-corrected chi connectivity index (χ0v) is 7.80. The third kappa shape index (κ3) is 2.90. The highest BCUT2D eigenvalue weighted by molar-refractivity contribution is 7.90. The fourth-order valence-corrected chi connectivity index (χ4v) is 1.21. The van der Waals surface area contributed by atoms with Gasteiger partial charge in [-0.25, -0.2) is 0 Å². The van der Waals surface area contributed by atoms with Gasteiger partial charge in [0.05, 0.1) is 0 Å². The van der Waals surface area contributed by atoms with Gasteiger partial charge < -0.3 is 0 Å². The molecule has 13 heavy (non-hydrogen) atoms. The predicted octanol–water partition coefficient (Wildman–Crippen LogP) is 1.58. The highest BCUT2D eigenvalue weighted by atomic mass is 32.2. The van der Waals surface area contributed by atoms with Crippen molar-refractivity contribution >= 4 is 10.1 Å². The quantitative estimate of drug-likeness (QED) is 0.511. The van der Waals surface area contributed by atoms with E-state index in [2.05, 4.69) is 11.5 Å². The Labute approximate surface area is 76.8 Å². The first-order valence-corrected chi connectivity index (χ1v) is 4.98. The standard InChI is InChI=1S/C9H8O3S/c1-8-4-2-3-5-9(7-6-8)13(10,11)12/h2-3,6-7H,1H3,(H,10,11,12)/b7-6-. The monoisotopic (exact) mass is 196 g/mol. The predicted molar refractivity (Wildman–Crippen MR) is 49.6 cm³/mol. The molecule has 4 heteroatoms. The van der Waals surface area contributed by atoms with Gasteiger partial charge in [-0.3, -0.25) is 4.55 Å². The molecule has 1 aliphatic rings. The number of rotatable bonds is 1. The van der Waals surface area contributed by atoms with Crippen molar-refractivity contribution in [3.05, 3.63) is 46.2 Å². The molecule has 0 aromatic carbocycles. The molecule has 0 fully saturated rings. The van der Waals surface area contributed by atoms with Crippen molar-refractivity contribution in [1.82, 2.24) is 0 Å². The van der Waals surface area contributed by atoms with E-state index in [4.69, 9.17) is 4.55 Å². The minimum atomic E-state index is -4.16. The molecular formula is C9H8O3S. The van der Waals surface area contributed by atoms with E-state index in [9.17, 15) is 8.42 Å². The topological polar surface area (TPSA) is 54.4 Å². The lowest BCUT2D eigenvalue weighted by atomic mass is 10.2. The van der Waals surface area contributed by atoms with Crippen LogP contribution in [0.15, 0.2) is 46.2 Å². The molecular weight excluding hydrogens is 188 g/mol. The molecule has 0 saturated carbocycles. The molecule has 0 aromatic heterocycles. The summed E-state index contributed by atoms with van der Waals surface area (Å²) in [5.41, 5.74) is 6.05. The maximum atomic E-state index is 10.7. The Hall–Kier alpha value is -1.31. The van der Waals surface area contributed by atoms with E-state index in [1.165, 1.54) is 18.2 Å². The molecule has 0 bridgehead atoms. The zero-order chi connectivity index (χ0) is 9.90. The second kappa shape index (κ2) is 3.60. The summed E-state index contributed by atoms with van der Waals surface area (Å²) < 4.78 is 30.1. The highest BCUT2D eigenvalue weighted by Gasteiger charge is 2.08. The van der Waals surface area contributed by atoms with Gasteiger partial charge in [0.2, 0.25) is 0 Å². The molecule has 1 aliphatic carbocycles. The lowest BCUT2D eigenvalue weighted by Gasteiger charge is -1.93. The SMILES string of the molecule is CC1=C=CC=C=C(S(=O)(=O)O)/C=C\1. The van der Waals surface area contributed by atoms with Gasteiger partial charge in [0.1, 0.15) is 4.91 Å². The van der Waals surface area contributed by atoms with E-state index in [-0.39, 0.29) is 4.91 Å². The summed E-state index contributed by atoms with van der Waals surface area (Å²) in [7, 11) is -4.16. The van der Waals surface area contributed by atoms with Gasteiger partial charge in [-0.2, -0.15) is 8.42 Å². The molecule has 68 valence electrons. The van der Waals surface area contributed by atoms with Crippen molar-refractivity contribution in [3.8, 4) is 0 Å². The Morgan fingerprint density at radius 1 is 1.23 bits per heavy atom. The average molecular weight is 196 g/mol. The van der Waals surface area contributed by atoms with Gasteiger partial charge in [-0.05, 0) is 36.8 Å². The van der Waals surface area contributed by atoms with Crippen LogP contribution < -0.4 is 0 Å². The Balaban J connectivity index is 3.29. The first-order valence-electron chi connectivity index (χ1n) is 3.54. The highest BCUT2D eigenvalue weighted by Crippen LogP contribution is 2.07. The fraction of sp³-hybridized carbons (Fsp3) is 0.111. The fourth-order valence-electron chi connectivity index (χ4n) is 0.754. The zero-order valence-electron chi connectivity index (χ0n) is 6.98. The van der Waals surface area contributed by atoms with Gasteiger partial charge in [-0.15, -0.1) is 5.73 Å². The van der Waals surface area contributed by atoms with Gasteiger partial charge in [0.25, 0.3) is 0 Å². The molecule has 0 aromatic rings. The Morgan fingerprint density at radius 3 is 2.46 bits per heavy atom. The van der Waals surface area contributed by atoms with Gasteiger partial charge in [0, 0.05) is 0 Å². The van der Waals surface area contributed by atoms with Crippen LogP contribution in [0.2, 0.25) is 0 Å². The number of allylic oxidation sites excluding steroid dienone is 3. The average Bonchev–Trinajstić information content (AvgIpc) is 1.94. The second-order valence-electron chi connectivity index (χ2n) is 2.48. The van der Waals surface area contributed by atoms with Crippen LogP contribution in [0.5, 0.6) is 0 Å². The number of hydrogen-bond acceptors (Lipinski definition) is 2. The minimum Gasteiger partial charge on any atom is -0.281 e. The van der Waals surface area contributed by atoms with Gasteiger partial charge in [0.15, 0.2) is 0 Å². The van der Waals surface area contributed by atoms with E-state index in [1.54, 1.807) is 13.0 Å². The molecule has 1 rings (SSSR count). The molecule has 0 unspecified atom stereocenters. The van der Waals surface area contributed by atoms with Crippen LogP contribution >= 0.6 is 0 Å². The summed E-state index contributed by atoms with van der Waals surface area (Å²) in [4.78, 5) is -0.246. The van der Waals surface area contributed by atoms with Crippen molar-refractivity contribution < 1.29 is 13.0 Å². The van der Waals surface area contributed by atoms with Crippen molar-refractivity contribution in [2.75, 3.05) is 0 Å². The van der Waals surface area contributed by atoms with E-state index < -0.39 is 10.1 Å². The first kappa shape index (κ1) is 9.78. The summed E-state index contributed by atoms with van der Waals surface area (Å²) in [6.07, 6.45) is 5.74. The molecule has 0 saturated heterocycles. The lowest BCUT2D eigenvalue weighted by molar-refractivity contribution is 0.492. The van der Waals surface area contributed by atoms with Crippen molar-refractivity contribution in [2.24, 2.45) is 0 Å². The van der Waals surface area contributed by atoms with Crippen molar-refractivity contribution in [1.29, 1.82) is 0 Å². The Kier molecular flexibility index (Phi) is 2.71. The summed E-state index contributed by atoms with van der Waals surface area (Å²) in [5, 5.41) is 0. The molecule has 0 radical (unpaired) electrons. The molecule has 0 amide bonds. The summed E-state index contributed by atoms with van der Waals surface area (Å²) in [5.74, 6) is 0. The van der Waals surface area contributed by atoms with Crippen LogP contribution in [0.3, 0.4) is 0 Å². The van der Waals surface area contributed by atoms with Crippen LogP contribution in [-0.2, 0) is 10.1 Å². The summed E-state index contributed by atoms with van der Waals surface area (Å²) >= 11 is 0. The molecule has 0 aliphatic heterocycles.